The average Bonchev–Trinajstić information content (AvgIpc) is 1.89. The first-order valence-electron chi connectivity index (χ1n) is 2.30. The highest BCUT2D eigenvalue weighted by Crippen LogP contribution is 2.23. The predicted octanol–water partition coefficient (Wildman–Crippen LogP) is -0.542. The maximum absolute atomic E-state index is 10.1. The molecule has 0 fully saturated rings. The Labute approximate surface area is 58.6 Å². The van der Waals surface area contributed by atoms with Crippen molar-refractivity contribution in [2.75, 3.05) is 6.61 Å². The van der Waals surface area contributed by atoms with Gasteiger partial charge in [-0.15, -0.1) is 4.73 Å². The maximum atomic E-state index is 10.1. The third-order valence-electron chi connectivity index (χ3n) is 0.326. The van der Waals surface area contributed by atoms with Gasteiger partial charge in [-0.1, -0.05) is 0 Å². The summed E-state index contributed by atoms with van der Waals surface area (Å²) >= 11 is 0. The van der Waals surface area contributed by atoms with Crippen LogP contribution in [-0.2, 0) is 4.73 Å². The maximum Gasteiger partial charge on any atom is 0.363 e. The summed E-state index contributed by atoms with van der Waals surface area (Å²) in [5.74, 6) is 0. The van der Waals surface area contributed by atoms with Crippen LogP contribution in [0.2, 0.25) is 0 Å². The van der Waals surface area contributed by atoms with E-state index in [2.05, 4.69) is 4.73 Å². The fourth-order valence-corrected chi connectivity index (χ4v) is 0. The van der Waals surface area contributed by atoms with Crippen LogP contribution in [0.4, 0.5) is 4.53 Å². The number of hydrogen-bond donors (Lipinski definition) is 4. The molecular weight excluding hydrogens is 166 g/mol. The van der Waals surface area contributed by atoms with Gasteiger partial charge >= 0.3 is 8.60 Å². The lowest BCUT2D eigenvalue weighted by Crippen LogP contribution is -2.03. The van der Waals surface area contributed by atoms with E-state index in [0.29, 0.717) is 0 Å². The van der Waals surface area contributed by atoms with Gasteiger partial charge in [-0.05, 0) is 11.4 Å². The number of halogens is 1. The first kappa shape index (κ1) is 12.8. The van der Waals surface area contributed by atoms with Crippen LogP contribution in [0, 0.1) is 0 Å². The average molecular weight is 176 g/mol. The van der Waals surface area contributed by atoms with Crippen molar-refractivity contribution >= 4 is 8.60 Å². The molecule has 1 atom stereocenters. The van der Waals surface area contributed by atoms with Gasteiger partial charge in [0.15, 0.2) is 0 Å². The third kappa shape index (κ3) is 24.2. The summed E-state index contributed by atoms with van der Waals surface area (Å²) in [6.07, 6.45) is -0.560. The monoisotopic (exact) mass is 176 g/mol. The first-order valence-corrected chi connectivity index (χ1v) is 3.46. The molecule has 0 aliphatic rings. The largest absolute Gasteiger partial charge is 0.394 e. The van der Waals surface area contributed by atoms with Gasteiger partial charge in [-0.2, -0.15) is 0 Å². The third-order valence-corrected chi connectivity index (χ3v) is 0.449. The summed E-state index contributed by atoms with van der Waals surface area (Å²) < 4.78 is 12.6. The van der Waals surface area contributed by atoms with E-state index in [1.165, 1.54) is 6.92 Å². The molecule has 0 amide bonds. The summed E-state index contributed by atoms with van der Waals surface area (Å²) in [6.45, 7) is 1.39. The zero-order valence-corrected chi connectivity index (χ0v) is 6.20. The summed E-state index contributed by atoms with van der Waals surface area (Å²) in [5.41, 5.74) is 0. The van der Waals surface area contributed by atoms with Crippen LogP contribution in [0.25, 0.3) is 0 Å². The summed E-state index contributed by atoms with van der Waals surface area (Å²) in [5, 5.41) is 16.0. The van der Waals surface area contributed by atoms with Crippen LogP contribution in [0.3, 0.4) is 0 Å². The molecular formula is C3H10FO5P. The summed E-state index contributed by atoms with van der Waals surface area (Å²) in [4.78, 5) is 14.8. The minimum Gasteiger partial charge on any atom is -0.394 e. The molecule has 0 saturated carbocycles. The Hall–Kier alpha value is 0.160. The zero-order chi connectivity index (χ0) is 8.57. The highest BCUT2D eigenvalue weighted by Gasteiger charge is 1.92. The van der Waals surface area contributed by atoms with Crippen molar-refractivity contribution in [1.82, 2.24) is 0 Å². The molecule has 4 N–H and O–H groups in total. The number of aliphatic hydroxyl groups excluding tert-OH is 2. The number of aliphatic hydroxyl groups is 2. The van der Waals surface area contributed by atoms with Gasteiger partial charge in [0, 0.05) is 0 Å². The van der Waals surface area contributed by atoms with E-state index in [1.807, 2.05) is 0 Å². The minimum atomic E-state index is -2.76. The minimum absolute atomic E-state index is 0.139. The Kier molecular flexibility index (Phi) is 11.7. The van der Waals surface area contributed by atoms with Crippen LogP contribution < -0.4 is 0 Å². The second-order valence-electron chi connectivity index (χ2n) is 1.35. The Bertz CT molecular complexity index is 52.9. The highest BCUT2D eigenvalue weighted by molar-refractivity contribution is 7.39. The van der Waals surface area contributed by atoms with E-state index in [0.717, 1.165) is 0 Å². The lowest BCUT2D eigenvalue weighted by Gasteiger charge is -1.90. The van der Waals surface area contributed by atoms with E-state index in [-0.39, 0.29) is 6.61 Å². The summed E-state index contributed by atoms with van der Waals surface area (Å²) in [7, 11) is -2.76. The van der Waals surface area contributed by atoms with Crippen molar-refractivity contribution in [2.24, 2.45) is 0 Å². The molecule has 0 heterocycles. The van der Waals surface area contributed by atoms with Crippen LogP contribution in [0.15, 0.2) is 0 Å². The SMILES string of the molecule is CC(O)CO.OP(O)OF. The molecule has 0 radical (unpaired) electrons. The quantitative estimate of drug-likeness (QED) is 0.424. The van der Waals surface area contributed by atoms with Gasteiger partial charge in [0.2, 0.25) is 0 Å². The fourth-order valence-electron chi connectivity index (χ4n) is 0. The smallest absolute Gasteiger partial charge is 0.363 e. The van der Waals surface area contributed by atoms with E-state index in [9.17, 15) is 4.53 Å². The van der Waals surface area contributed by atoms with Crippen molar-refractivity contribution in [1.29, 1.82) is 0 Å². The lowest BCUT2D eigenvalue weighted by molar-refractivity contribution is -0.0199. The van der Waals surface area contributed by atoms with Gasteiger partial charge in [0.25, 0.3) is 0 Å². The molecule has 10 heavy (non-hydrogen) atoms. The van der Waals surface area contributed by atoms with Crippen LogP contribution in [-0.4, -0.2) is 32.7 Å². The molecule has 0 bridgehead atoms. The molecule has 0 aromatic heterocycles. The van der Waals surface area contributed by atoms with Crippen molar-refractivity contribution in [3.8, 4) is 0 Å². The van der Waals surface area contributed by atoms with Crippen LogP contribution >= 0.6 is 8.60 Å². The van der Waals surface area contributed by atoms with Crippen molar-refractivity contribution in [2.45, 2.75) is 13.0 Å². The Balaban J connectivity index is 0. The molecule has 7 heteroatoms. The molecule has 64 valence electrons. The second-order valence-corrected chi connectivity index (χ2v) is 2.00. The molecule has 5 nitrogen and oxygen atoms in total. The van der Waals surface area contributed by atoms with Crippen molar-refractivity contribution in [3.05, 3.63) is 0 Å². The molecule has 0 saturated heterocycles. The fraction of sp³-hybridized carbons (Fsp3) is 1.00. The Morgan fingerprint density at radius 3 is 1.80 bits per heavy atom. The van der Waals surface area contributed by atoms with E-state index in [4.69, 9.17) is 20.0 Å². The Morgan fingerprint density at radius 1 is 1.60 bits per heavy atom. The van der Waals surface area contributed by atoms with Crippen molar-refractivity contribution in [3.63, 3.8) is 0 Å². The molecule has 1 unspecified atom stereocenters. The van der Waals surface area contributed by atoms with Gasteiger partial charge < -0.3 is 20.0 Å². The molecule has 0 aromatic carbocycles. The van der Waals surface area contributed by atoms with Crippen LogP contribution in [0.1, 0.15) is 6.92 Å². The zero-order valence-electron chi connectivity index (χ0n) is 5.31. The van der Waals surface area contributed by atoms with E-state index in [1.54, 1.807) is 0 Å². The number of rotatable bonds is 2. The normalized spacial score (nSPS) is 12.3. The van der Waals surface area contributed by atoms with Gasteiger partial charge in [0.1, 0.15) is 0 Å². The van der Waals surface area contributed by atoms with Crippen LogP contribution in [0.5, 0.6) is 0 Å². The molecule has 0 spiro atoms. The summed E-state index contributed by atoms with van der Waals surface area (Å²) in [6, 6.07) is 0. The topological polar surface area (TPSA) is 90.2 Å². The van der Waals surface area contributed by atoms with Gasteiger partial charge in [0.05, 0.1) is 12.7 Å². The Morgan fingerprint density at radius 2 is 1.80 bits per heavy atom. The highest BCUT2D eigenvalue weighted by atomic mass is 31.2. The van der Waals surface area contributed by atoms with E-state index < -0.39 is 14.7 Å². The standard InChI is InChI=1S/C3H8O2.FH2O3P/c1-3(5)2-4;1-4-5(2)3/h3-5H,2H2,1H3;2-3H. The lowest BCUT2D eigenvalue weighted by atomic mass is 10.5. The van der Waals surface area contributed by atoms with Crippen molar-refractivity contribution < 1.29 is 29.3 Å². The second kappa shape index (κ2) is 9.16. The molecule has 0 aliphatic heterocycles. The van der Waals surface area contributed by atoms with Gasteiger partial charge in [-0.3, -0.25) is 0 Å². The predicted molar refractivity (Wildman–Crippen MR) is 32.3 cm³/mol. The molecule has 0 aromatic rings. The first-order chi connectivity index (χ1) is 4.54. The number of hydrogen-bond acceptors (Lipinski definition) is 5. The van der Waals surface area contributed by atoms with E-state index >= 15 is 0 Å². The molecule has 0 rings (SSSR count). The molecule has 0 aliphatic carbocycles. The van der Waals surface area contributed by atoms with Gasteiger partial charge in [-0.25, -0.2) is 0 Å².